The first-order valence-corrected chi connectivity index (χ1v) is 40.2. The molecule has 0 bridgehead atoms. The smallest absolute Gasteiger partial charge is 0.306 e. The van der Waals surface area contributed by atoms with E-state index in [2.05, 4.69) is 123 Å². The van der Waals surface area contributed by atoms with Crippen molar-refractivity contribution in [3.8, 4) is 0 Å². The van der Waals surface area contributed by atoms with Crippen LogP contribution in [0.2, 0.25) is 0 Å². The molecule has 0 aromatic heterocycles. The van der Waals surface area contributed by atoms with E-state index in [1.165, 1.54) is 199 Å². The van der Waals surface area contributed by atoms with Crippen LogP contribution in [0.15, 0.2) is 109 Å². The molecule has 1 N–H and O–H groups in total. The fraction of sp³-hybridized carbons (Fsp3) is 0.756. The number of nitrogens with one attached hydrogen (secondary N) is 1. The topological polar surface area (TPSA) is 114 Å². The number of esters is 1. The first-order valence-electron chi connectivity index (χ1n) is 38.7. The average Bonchev–Trinajstić information content (AvgIpc) is 3.69. The van der Waals surface area contributed by atoms with Crippen molar-refractivity contribution in [3.63, 3.8) is 0 Å². The molecule has 0 aliphatic carbocycles. The second-order valence-electron chi connectivity index (χ2n) is 27.1. The zero-order valence-corrected chi connectivity index (χ0v) is 61.9. The Morgan fingerprint density at radius 1 is 0.391 bits per heavy atom. The van der Waals surface area contributed by atoms with Gasteiger partial charge in [0.2, 0.25) is 5.91 Å². The molecule has 0 aliphatic rings. The third kappa shape index (κ3) is 71.0. The predicted octanol–water partition coefficient (Wildman–Crippen LogP) is 24.6. The summed E-state index contributed by atoms with van der Waals surface area (Å²) in [5, 5.41) is 3.05. The summed E-state index contributed by atoms with van der Waals surface area (Å²) in [6, 6.07) is -0.897. The molecule has 0 aliphatic heterocycles. The molecule has 3 atom stereocenters. The third-order valence-corrected chi connectivity index (χ3v) is 17.9. The number of ether oxygens (including phenoxy) is 1. The standard InChI is InChI=1S/C82H147N2O7P/c1-7-10-13-16-19-22-25-28-30-32-34-36-38-40-42-44-46-48-50-52-54-56-59-62-65-68-71-74-81(85)83-79(78-90-92(87,88)89-77-76-84(4,5)6)80(73-70-67-64-61-58-27-24-21-18-15-12-9-3)91-82(86)75-72-69-66-63-60-57-55-53-51-49-47-45-43-41-39-37-35-33-31-29-26-23-20-17-14-11-8-2/h10,13,19-20,22-23,28-31,34-37,40,42,70,73,79-80H,7-9,11-12,14-18,21,24-27,32-33,38-39,41,43-69,71-72,74-78H2,1-6H3,(H-,83,85,87,88)/b13-10-,22-19-,23-20-,30-28-,31-29-,36-34-,37-35-,42-40-,73-70+. The number of amides is 1. The van der Waals surface area contributed by atoms with Gasteiger partial charge in [-0.15, -0.1) is 0 Å². The van der Waals surface area contributed by atoms with E-state index in [-0.39, 0.29) is 24.9 Å². The highest BCUT2D eigenvalue weighted by Gasteiger charge is 2.27. The van der Waals surface area contributed by atoms with Crippen molar-refractivity contribution < 1.29 is 37.3 Å². The molecule has 92 heavy (non-hydrogen) atoms. The minimum absolute atomic E-state index is 0.0262. The van der Waals surface area contributed by atoms with Gasteiger partial charge < -0.3 is 28.5 Å². The van der Waals surface area contributed by atoms with Crippen LogP contribution in [0.25, 0.3) is 0 Å². The lowest BCUT2D eigenvalue weighted by atomic mass is 10.0. The maximum Gasteiger partial charge on any atom is 0.306 e. The minimum atomic E-state index is -4.71. The van der Waals surface area contributed by atoms with E-state index >= 15 is 0 Å². The minimum Gasteiger partial charge on any atom is -0.756 e. The number of hydrogen-bond acceptors (Lipinski definition) is 7. The highest BCUT2D eigenvalue weighted by atomic mass is 31.2. The van der Waals surface area contributed by atoms with E-state index in [0.717, 1.165) is 116 Å². The Bertz CT molecular complexity index is 1940. The highest BCUT2D eigenvalue weighted by Crippen LogP contribution is 2.38. The van der Waals surface area contributed by atoms with Gasteiger partial charge in [0, 0.05) is 12.8 Å². The molecule has 0 radical (unpaired) electrons. The number of nitrogens with zero attached hydrogens (tertiary/aromatic N) is 1. The summed E-state index contributed by atoms with van der Waals surface area (Å²) in [7, 11) is 1.18. The van der Waals surface area contributed by atoms with Gasteiger partial charge in [-0.2, -0.15) is 0 Å². The SMILES string of the molecule is CC/C=C\C/C=C\C/C=C\C/C=C\C/C=C\CCCCCCCCCCCCCC(=O)NC(COP(=O)([O-])OCC[N+](C)(C)C)C(/C=C/CCCCCCCCCCCC)OC(=O)CCCCCCCCCCCCCCCC/C=C\C/C=C\C/C=C\CCCCC. The van der Waals surface area contributed by atoms with Gasteiger partial charge in [-0.05, 0) is 115 Å². The van der Waals surface area contributed by atoms with E-state index in [1.54, 1.807) is 0 Å². The molecule has 0 fully saturated rings. The Morgan fingerprint density at radius 3 is 1.07 bits per heavy atom. The van der Waals surface area contributed by atoms with Crippen LogP contribution in [-0.4, -0.2) is 69.4 Å². The molecule has 0 heterocycles. The van der Waals surface area contributed by atoms with Crippen molar-refractivity contribution in [1.29, 1.82) is 0 Å². The largest absolute Gasteiger partial charge is 0.756 e. The summed E-state index contributed by atoms with van der Waals surface area (Å²) in [6.45, 7) is 6.73. The number of phosphoric ester groups is 1. The van der Waals surface area contributed by atoms with Gasteiger partial charge in [-0.1, -0.05) is 330 Å². The molecular weight excluding hydrogens is 1160 g/mol. The van der Waals surface area contributed by atoms with Gasteiger partial charge in [0.1, 0.15) is 19.3 Å². The van der Waals surface area contributed by atoms with Gasteiger partial charge in [0.05, 0.1) is 33.8 Å². The van der Waals surface area contributed by atoms with Crippen LogP contribution in [0.5, 0.6) is 0 Å². The van der Waals surface area contributed by atoms with Gasteiger partial charge in [-0.25, -0.2) is 0 Å². The van der Waals surface area contributed by atoms with Gasteiger partial charge in [0.15, 0.2) is 0 Å². The molecule has 1 amide bonds. The van der Waals surface area contributed by atoms with Gasteiger partial charge >= 0.3 is 5.97 Å². The molecule has 532 valence electrons. The molecule has 0 aromatic rings. The van der Waals surface area contributed by atoms with E-state index < -0.39 is 26.6 Å². The van der Waals surface area contributed by atoms with Crippen LogP contribution in [0.1, 0.15) is 348 Å². The van der Waals surface area contributed by atoms with Crippen LogP contribution in [0.4, 0.5) is 0 Å². The van der Waals surface area contributed by atoms with Crippen molar-refractivity contribution in [2.45, 2.75) is 360 Å². The summed E-state index contributed by atoms with van der Waals surface area (Å²) in [6.07, 6.45) is 97.9. The van der Waals surface area contributed by atoms with Gasteiger partial charge in [-0.3, -0.25) is 14.2 Å². The Morgan fingerprint density at radius 2 is 0.696 bits per heavy atom. The summed E-state index contributed by atoms with van der Waals surface area (Å²) in [5.74, 6) is -0.538. The Kier molecular flexibility index (Phi) is 67.9. The first-order chi connectivity index (χ1) is 44.9. The number of likely N-dealkylation sites (N-methyl/N-ethyl adjacent to an activating group) is 1. The van der Waals surface area contributed by atoms with E-state index in [1.807, 2.05) is 33.3 Å². The predicted molar refractivity (Wildman–Crippen MR) is 399 cm³/mol. The fourth-order valence-electron chi connectivity index (χ4n) is 11.0. The van der Waals surface area contributed by atoms with Crippen molar-refractivity contribution in [3.05, 3.63) is 109 Å². The van der Waals surface area contributed by atoms with Crippen LogP contribution >= 0.6 is 7.82 Å². The number of hydrogen-bond donors (Lipinski definition) is 1. The lowest BCUT2D eigenvalue weighted by Gasteiger charge is -2.30. The zero-order valence-electron chi connectivity index (χ0n) is 61.0. The molecular formula is C82H147N2O7P. The van der Waals surface area contributed by atoms with Crippen molar-refractivity contribution in [2.75, 3.05) is 40.9 Å². The van der Waals surface area contributed by atoms with Crippen molar-refractivity contribution in [2.24, 2.45) is 0 Å². The number of quaternary nitrogens is 1. The molecule has 0 rings (SSSR count). The monoisotopic (exact) mass is 1300 g/mol. The number of unbranched alkanes of at least 4 members (excludes halogenated alkanes) is 38. The maximum atomic E-state index is 13.6. The van der Waals surface area contributed by atoms with Crippen LogP contribution in [0, 0.1) is 0 Å². The lowest BCUT2D eigenvalue weighted by molar-refractivity contribution is -0.870. The summed E-state index contributed by atoms with van der Waals surface area (Å²) >= 11 is 0. The molecule has 0 saturated heterocycles. The fourth-order valence-corrected chi connectivity index (χ4v) is 11.8. The quantitative estimate of drug-likeness (QED) is 0.0212. The lowest BCUT2D eigenvalue weighted by Crippen LogP contribution is -2.47. The van der Waals surface area contributed by atoms with E-state index in [0.29, 0.717) is 17.4 Å². The Hall–Kier alpha value is -3.33. The second kappa shape index (κ2) is 70.5. The number of rotatable bonds is 70. The molecule has 10 heteroatoms. The average molecular weight is 1300 g/mol. The number of phosphoric acid groups is 1. The number of carbonyl (C=O) groups is 2. The Labute approximate surface area is 570 Å². The second-order valence-corrected chi connectivity index (χ2v) is 28.5. The van der Waals surface area contributed by atoms with Crippen LogP contribution < -0.4 is 10.2 Å². The first kappa shape index (κ1) is 88.7. The van der Waals surface area contributed by atoms with E-state index in [9.17, 15) is 19.0 Å². The normalized spacial score (nSPS) is 14.0. The zero-order chi connectivity index (χ0) is 67.0. The van der Waals surface area contributed by atoms with Crippen molar-refractivity contribution >= 4 is 19.7 Å². The molecule has 3 unspecified atom stereocenters. The summed E-state index contributed by atoms with van der Waals surface area (Å²) in [4.78, 5) is 40.3. The summed E-state index contributed by atoms with van der Waals surface area (Å²) in [5.41, 5.74) is 0. The van der Waals surface area contributed by atoms with E-state index in [4.69, 9.17) is 13.8 Å². The van der Waals surface area contributed by atoms with Crippen molar-refractivity contribution in [1.82, 2.24) is 5.32 Å². The van der Waals surface area contributed by atoms with Gasteiger partial charge in [0.25, 0.3) is 7.82 Å². The molecule has 0 aromatic carbocycles. The van der Waals surface area contributed by atoms with Crippen LogP contribution in [0.3, 0.4) is 0 Å². The van der Waals surface area contributed by atoms with Crippen LogP contribution in [-0.2, 0) is 27.9 Å². The molecule has 9 nitrogen and oxygen atoms in total. The molecule has 0 spiro atoms. The third-order valence-electron chi connectivity index (χ3n) is 16.9. The Balaban J connectivity index is 4.96. The number of carbonyl (C=O) groups excluding carboxylic acids is 2. The summed E-state index contributed by atoms with van der Waals surface area (Å²) < 4.78 is 30.5. The highest BCUT2D eigenvalue weighted by molar-refractivity contribution is 7.45. The molecule has 0 saturated carbocycles. The maximum absolute atomic E-state index is 13.6. The number of allylic oxidation sites excluding steroid dienone is 17.